The number of nitrogens with zero attached hydrogens (tertiary/aromatic N) is 4. The molecule has 0 amide bonds. The van der Waals surface area contributed by atoms with Crippen molar-refractivity contribution in [1.82, 2.24) is 20.2 Å². The highest BCUT2D eigenvalue weighted by molar-refractivity contribution is 7.08. The molecule has 0 radical (unpaired) electrons. The van der Waals surface area contributed by atoms with E-state index >= 15 is 0 Å². The minimum atomic E-state index is 0.333. The van der Waals surface area contributed by atoms with Crippen molar-refractivity contribution >= 4 is 40.2 Å². The average Bonchev–Trinajstić information content (AvgIpc) is 3.04. The van der Waals surface area contributed by atoms with Gasteiger partial charge in [0.15, 0.2) is 5.82 Å². The van der Waals surface area contributed by atoms with E-state index in [1.54, 1.807) is 28.2 Å². The van der Waals surface area contributed by atoms with Crippen LogP contribution < -0.4 is 5.73 Å². The summed E-state index contributed by atoms with van der Waals surface area (Å²) in [7, 11) is 0. The number of thiophene rings is 1. The molecule has 0 aliphatic heterocycles. The van der Waals surface area contributed by atoms with Crippen LogP contribution in [-0.4, -0.2) is 20.2 Å². The van der Waals surface area contributed by atoms with Crippen molar-refractivity contribution in [1.29, 1.82) is 0 Å². The van der Waals surface area contributed by atoms with Gasteiger partial charge < -0.3 is 5.73 Å². The fourth-order valence-electron chi connectivity index (χ4n) is 1.66. The van der Waals surface area contributed by atoms with Crippen LogP contribution in [0.4, 0.5) is 5.69 Å². The molecule has 0 aliphatic carbocycles. The third-order valence-electron chi connectivity index (χ3n) is 2.53. The summed E-state index contributed by atoms with van der Waals surface area (Å²) in [5.41, 5.74) is 7.79. The van der Waals surface area contributed by atoms with E-state index in [9.17, 15) is 0 Å². The lowest BCUT2D eigenvalue weighted by Gasteiger charge is -2.06. The van der Waals surface area contributed by atoms with Crippen LogP contribution in [-0.2, 0) is 0 Å². The number of rotatable bonds is 2. The summed E-state index contributed by atoms with van der Waals surface area (Å²) in [4.78, 5) is 0. The topological polar surface area (TPSA) is 69.6 Å². The Bertz CT molecular complexity index is 700. The Morgan fingerprint density at radius 3 is 2.79 bits per heavy atom. The molecule has 1 aromatic carbocycles. The molecular formula is C11H7Cl2N5S. The summed E-state index contributed by atoms with van der Waals surface area (Å²) < 4.78 is 1.62. The summed E-state index contributed by atoms with van der Waals surface area (Å²) in [6.07, 6.45) is 0. The molecule has 0 unspecified atom stereocenters. The van der Waals surface area contributed by atoms with Gasteiger partial charge in [0.25, 0.3) is 0 Å². The summed E-state index contributed by atoms with van der Waals surface area (Å²) in [6.45, 7) is 0. The zero-order valence-electron chi connectivity index (χ0n) is 9.42. The maximum absolute atomic E-state index is 6.03. The van der Waals surface area contributed by atoms with Gasteiger partial charge in [-0.3, -0.25) is 0 Å². The maximum atomic E-state index is 6.03. The number of hydrogen-bond donors (Lipinski definition) is 1. The van der Waals surface area contributed by atoms with Crippen molar-refractivity contribution in [3.63, 3.8) is 0 Å². The lowest BCUT2D eigenvalue weighted by Crippen LogP contribution is -1.99. The molecule has 0 fully saturated rings. The number of tetrazole rings is 1. The Morgan fingerprint density at radius 1 is 1.26 bits per heavy atom. The second kappa shape index (κ2) is 4.80. The molecule has 0 saturated heterocycles. The first kappa shape index (κ1) is 12.4. The normalized spacial score (nSPS) is 10.8. The molecule has 0 aliphatic rings. The van der Waals surface area contributed by atoms with E-state index in [2.05, 4.69) is 15.5 Å². The molecule has 8 heteroatoms. The Hall–Kier alpha value is -1.63. The number of nitrogen functional groups attached to an aromatic ring is 1. The van der Waals surface area contributed by atoms with E-state index in [1.165, 1.54) is 0 Å². The van der Waals surface area contributed by atoms with Crippen molar-refractivity contribution < 1.29 is 0 Å². The van der Waals surface area contributed by atoms with Gasteiger partial charge in [-0.2, -0.15) is 16.0 Å². The number of anilines is 1. The van der Waals surface area contributed by atoms with Crippen LogP contribution in [0.2, 0.25) is 10.0 Å². The van der Waals surface area contributed by atoms with Crippen LogP contribution in [0, 0.1) is 0 Å². The summed E-state index contributed by atoms with van der Waals surface area (Å²) in [5.74, 6) is 0.559. The van der Waals surface area contributed by atoms with Gasteiger partial charge in [-0.05, 0) is 34.0 Å². The van der Waals surface area contributed by atoms with Crippen LogP contribution >= 0.6 is 34.5 Å². The molecular weight excluding hydrogens is 305 g/mol. The number of halogens is 2. The highest BCUT2D eigenvalue weighted by Gasteiger charge is 2.14. The van der Waals surface area contributed by atoms with Gasteiger partial charge in [0.1, 0.15) is 0 Å². The van der Waals surface area contributed by atoms with E-state index in [-0.39, 0.29) is 0 Å². The fraction of sp³-hybridized carbons (Fsp3) is 0. The van der Waals surface area contributed by atoms with Gasteiger partial charge in [0.05, 0.1) is 21.4 Å². The van der Waals surface area contributed by atoms with E-state index < -0.39 is 0 Å². The Labute approximate surface area is 122 Å². The maximum Gasteiger partial charge on any atom is 0.187 e. The molecule has 0 spiro atoms. The number of nitrogens with two attached hydrogens (primary N) is 1. The fourth-order valence-corrected chi connectivity index (χ4v) is 2.61. The SMILES string of the molecule is Nc1cc(-c2nnnn2-c2ccsc2)cc(Cl)c1Cl. The third-order valence-corrected chi connectivity index (χ3v) is 4.02. The number of benzene rings is 1. The zero-order valence-corrected chi connectivity index (χ0v) is 11.7. The highest BCUT2D eigenvalue weighted by atomic mass is 35.5. The van der Waals surface area contributed by atoms with Gasteiger partial charge in [0.2, 0.25) is 0 Å². The minimum Gasteiger partial charge on any atom is -0.397 e. The summed E-state index contributed by atoms with van der Waals surface area (Å²) >= 11 is 13.5. The Balaban J connectivity index is 2.16. The lowest BCUT2D eigenvalue weighted by molar-refractivity contribution is 0.793. The van der Waals surface area contributed by atoms with Crippen molar-refractivity contribution in [3.8, 4) is 17.1 Å². The first-order valence-electron chi connectivity index (χ1n) is 5.22. The molecule has 3 rings (SSSR count). The molecule has 2 N–H and O–H groups in total. The van der Waals surface area contributed by atoms with Crippen LogP contribution in [0.25, 0.3) is 17.1 Å². The van der Waals surface area contributed by atoms with E-state index in [4.69, 9.17) is 28.9 Å². The van der Waals surface area contributed by atoms with E-state index in [1.807, 2.05) is 16.8 Å². The molecule has 3 aromatic rings. The molecule has 0 atom stereocenters. The largest absolute Gasteiger partial charge is 0.397 e. The predicted octanol–water partition coefficient (Wildman–Crippen LogP) is 3.28. The Morgan fingerprint density at radius 2 is 2.11 bits per heavy atom. The zero-order chi connectivity index (χ0) is 13.4. The van der Waals surface area contributed by atoms with Gasteiger partial charge in [-0.25, -0.2) is 0 Å². The predicted molar refractivity (Wildman–Crippen MR) is 76.9 cm³/mol. The Kier molecular flexibility index (Phi) is 3.14. The molecule has 2 heterocycles. The quantitative estimate of drug-likeness (QED) is 0.737. The number of hydrogen-bond acceptors (Lipinski definition) is 5. The summed E-state index contributed by atoms with van der Waals surface area (Å²) in [5, 5.41) is 16.3. The van der Waals surface area contributed by atoms with Crippen molar-refractivity contribution in [3.05, 3.63) is 39.0 Å². The van der Waals surface area contributed by atoms with Crippen molar-refractivity contribution in [2.24, 2.45) is 0 Å². The molecule has 2 aromatic heterocycles. The van der Waals surface area contributed by atoms with Crippen LogP contribution in [0.5, 0.6) is 0 Å². The minimum absolute atomic E-state index is 0.333. The first-order chi connectivity index (χ1) is 9.16. The van der Waals surface area contributed by atoms with Crippen LogP contribution in [0.1, 0.15) is 0 Å². The van der Waals surface area contributed by atoms with Crippen molar-refractivity contribution in [2.75, 3.05) is 5.73 Å². The first-order valence-corrected chi connectivity index (χ1v) is 6.92. The van der Waals surface area contributed by atoms with Gasteiger partial charge in [0, 0.05) is 10.9 Å². The third kappa shape index (κ3) is 2.18. The van der Waals surface area contributed by atoms with Gasteiger partial charge in [-0.1, -0.05) is 23.2 Å². The van der Waals surface area contributed by atoms with Crippen LogP contribution in [0.15, 0.2) is 29.0 Å². The molecule has 5 nitrogen and oxygen atoms in total. The molecule has 19 heavy (non-hydrogen) atoms. The molecule has 0 bridgehead atoms. The van der Waals surface area contributed by atoms with E-state index in [0.29, 0.717) is 27.1 Å². The second-order valence-corrected chi connectivity index (χ2v) is 5.32. The average molecular weight is 312 g/mol. The molecule has 0 saturated carbocycles. The monoisotopic (exact) mass is 311 g/mol. The van der Waals surface area contributed by atoms with Gasteiger partial charge in [-0.15, -0.1) is 5.10 Å². The summed E-state index contributed by atoms with van der Waals surface area (Å²) in [6, 6.07) is 5.31. The van der Waals surface area contributed by atoms with Gasteiger partial charge >= 0.3 is 0 Å². The van der Waals surface area contributed by atoms with Crippen LogP contribution in [0.3, 0.4) is 0 Å². The highest BCUT2D eigenvalue weighted by Crippen LogP contribution is 2.33. The standard InChI is InChI=1S/C11H7Cl2N5S/c12-8-3-6(4-9(14)10(8)13)11-15-16-17-18(11)7-1-2-19-5-7/h1-5H,14H2. The van der Waals surface area contributed by atoms with Crippen molar-refractivity contribution in [2.45, 2.75) is 0 Å². The smallest absolute Gasteiger partial charge is 0.187 e. The van der Waals surface area contributed by atoms with E-state index in [0.717, 1.165) is 5.69 Å². The lowest BCUT2D eigenvalue weighted by atomic mass is 10.2. The second-order valence-electron chi connectivity index (χ2n) is 3.76. The molecule has 96 valence electrons. The number of aromatic nitrogens is 4.